The van der Waals surface area contributed by atoms with E-state index in [1.807, 2.05) is 39.0 Å². The van der Waals surface area contributed by atoms with Gasteiger partial charge in [0.25, 0.3) is 0 Å². The highest BCUT2D eigenvalue weighted by Crippen LogP contribution is 2.24. The quantitative estimate of drug-likeness (QED) is 0.824. The van der Waals surface area contributed by atoms with Crippen molar-refractivity contribution < 1.29 is 9.59 Å². The molecule has 1 aliphatic heterocycles. The minimum Gasteiger partial charge on any atom is -0.352 e. The maximum atomic E-state index is 12.6. The SMILES string of the molecule is CC[C@H](C)C(=O)N1CSC[C@@H]1C(=O)N[C@H](C)CCc1ccccc1. The molecule has 2 rings (SSSR count). The first kappa shape index (κ1) is 18.8. The number of thioether (sulfide) groups is 1. The molecule has 0 saturated carbocycles. The zero-order valence-corrected chi connectivity index (χ0v) is 15.6. The Morgan fingerprint density at radius 1 is 1.29 bits per heavy atom. The van der Waals surface area contributed by atoms with Crippen molar-refractivity contribution in [3.63, 3.8) is 0 Å². The largest absolute Gasteiger partial charge is 0.352 e. The molecule has 0 bridgehead atoms. The molecule has 1 N–H and O–H groups in total. The molecule has 24 heavy (non-hydrogen) atoms. The molecule has 0 spiro atoms. The molecule has 0 aliphatic carbocycles. The summed E-state index contributed by atoms with van der Waals surface area (Å²) in [6, 6.07) is 10.1. The van der Waals surface area contributed by atoms with Crippen molar-refractivity contribution in [1.82, 2.24) is 10.2 Å². The zero-order valence-electron chi connectivity index (χ0n) is 14.8. The van der Waals surface area contributed by atoms with Crippen LogP contribution in [-0.2, 0) is 16.0 Å². The Morgan fingerprint density at radius 2 is 2.00 bits per heavy atom. The van der Waals surface area contributed by atoms with Crippen LogP contribution in [0.1, 0.15) is 39.2 Å². The third-order valence-corrected chi connectivity index (χ3v) is 5.61. The molecule has 1 aliphatic rings. The Bertz CT molecular complexity index is 550. The molecule has 1 fully saturated rings. The van der Waals surface area contributed by atoms with Crippen molar-refractivity contribution >= 4 is 23.6 Å². The van der Waals surface area contributed by atoms with Gasteiger partial charge in [-0.25, -0.2) is 0 Å². The molecular formula is C19H28N2O2S. The van der Waals surface area contributed by atoms with Crippen LogP contribution in [0.4, 0.5) is 0 Å². The monoisotopic (exact) mass is 348 g/mol. The van der Waals surface area contributed by atoms with Crippen LogP contribution >= 0.6 is 11.8 Å². The van der Waals surface area contributed by atoms with E-state index in [1.165, 1.54) is 5.56 Å². The van der Waals surface area contributed by atoms with Gasteiger partial charge in [-0.15, -0.1) is 11.8 Å². The number of nitrogens with one attached hydrogen (secondary N) is 1. The molecule has 132 valence electrons. The molecule has 0 radical (unpaired) electrons. The predicted octanol–water partition coefficient (Wildman–Crippen LogP) is 3.07. The van der Waals surface area contributed by atoms with Crippen LogP contribution < -0.4 is 5.32 Å². The van der Waals surface area contributed by atoms with Crippen molar-refractivity contribution in [2.45, 2.75) is 52.1 Å². The fourth-order valence-electron chi connectivity index (χ4n) is 2.77. The number of carbonyl (C=O) groups is 2. The van der Waals surface area contributed by atoms with E-state index < -0.39 is 0 Å². The topological polar surface area (TPSA) is 49.4 Å². The standard InChI is InChI=1S/C19H28N2O2S/c1-4-14(2)19(23)21-13-24-12-17(21)18(22)20-15(3)10-11-16-8-6-5-7-9-16/h5-9,14-15,17H,4,10-13H2,1-3H3,(H,20,22)/t14-,15+,17+/m0/s1. The summed E-state index contributed by atoms with van der Waals surface area (Å²) < 4.78 is 0. The van der Waals surface area contributed by atoms with Gasteiger partial charge in [0, 0.05) is 17.7 Å². The lowest BCUT2D eigenvalue weighted by Crippen LogP contribution is -2.50. The molecule has 1 heterocycles. The summed E-state index contributed by atoms with van der Waals surface area (Å²) in [5.74, 6) is 1.38. The highest BCUT2D eigenvalue weighted by Gasteiger charge is 2.36. The minimum atomic E-state index is -0.323. The maximum Gasteiger partial charge on any atom is 0.243 e. The van der Waals surface area contributed by atoms with E-state index >= 15 is 0 Å². The number of hydrogen-bond donors (Lipinski definition) is 1. The van der Waals surface area contributed by atoms with Crippen LogP contribution in [0.2, 0.25) is 0 Å². The van der Waals surface area contributed by atoms with Crippen molar-refractivity contribution in [3.05, 3.63) is 35.9 Å². The highest BCUT2D eigenvalue weighted by atomic mass is 32.2. The van der Waals surface area contributed by atoms with Gasteiger partial charge in [-0.3, -0.25) is 9.59 Å². The van der Waals surface area contributed by atoms with Gasteiger partial charge in [0.1, 0.15) is 6.04 Å². The number of amides is 2. The molecule has 0 unspecified atom stereocenters. The fraction of sp³-hybridized carbons (Fsp3) is 0.579. The van der Waals surface area contributed by atoms with Crippen LogP contribution in [0.3, 0.4) is 0 Å². The Labute approximate surface area is 149 Å². The second kappa shape index (κ2) is 9.11. The van der Waals surface area contributed by atoms with Gasteiger partial charge >= 0.3 is 0 Å². The van der Waals surface area contributed by atoms with Gasteiger partial charge in [-0.1, -0.05) is 44.2 Å². The van der Waals surface area contributed by atoms with E-state index in [0.29, 0.717) is 11.6 Å². The van der Waals surface area contributed by atoms with Gasteiger partial charge in [0.15, 0.2) is 0 Å². The molecular weight excluding hydrogens is 320 g/mol. The predicted molar refractivity (Wildman–Crippen MR) is 99.8 cm³/mol. The van der Waals surface area contributed by atoms with Gasteiger partial charge in [0.2, 0.25) is 11.8 Å². The number of benzene rings is 1. The molecule has 2 amide bonds. The van der Waals surface area contributed by atoms with Crippen molar-refractivity contribution in [2.24, 2.45) is 5.92 Å². The summed E-state index contributed by atoms with van der Waals surface area (Å²) in [7, 11) is 0. The molecule has 1 saturated heterocycles. The molecule has 1 aromatic rings. The second-order valence-corrected chi connectivity index (χ2v) is 7.57. The van der Waals surface area contributed by atoms with Crippen LogP contribution in [0.5, 0.6) is 0 Å². The molecule has 5 heteroatoms. The lowest BCUT2D eigenvalue weighted by molar-refractivity contribution is -0.141. The first-order valence-corrected chi connectivity index (χ1v) is 9.91. The molecule has 3 atom stereocenters. The normalized spacial score (nSPS) is 19.8. The summed E-state index contributed by atoms with van der Waals surface area (Å²) in [4.78, 5) is 26.7. The van der Waals surface area contributed by atoms with E-state index in [1.54, 1.807) is 16.7 Å². The third-order valence-electron chi connectivity index (χ3n) is 4.60. The average molecular weight is 349 g/mol. The summed E-state index contributed by atoms with van der Waals surface area (Å²) >= 11 is 1.66. The van der Waals surface area contributed by atoms with E-state index in [0.717, 1.165) is 19.3 Å². The Morgan fingerprint density at radius 3 is 2.67 bits per heavy atom. The molecule has 4 nitrogen and oxygen atoms in total. The number of aryl methyl sites for hydroxylation is 1. The lowest BCUT2D eigenvalue weighted by atomic mass is 10.1. The number of carbonyl (C=O) groups excluding carboxylic acids is 2. The maximum absolute atomic E-state index is 12.6. The van der Waals surface area contributed by atoms with Crippen LogP contribution in [0, 0.1) is 5.92 Å². The van der Waals surface area contributed by atoms with Gasteiger partial charge in [0.05, 0.1) is 5.88 Å². The van der Waals surface area contributed by atoms with Crippen LogP contribution in [0.25, 0.3) is 0 Å². The van der Waals surface area contributed by atoms with Crippen LogP contribution in [0.15, 0.2) is 30.3 Å². The van der Waals surface area contributed by atoms with E-state index in [4.69, 9.17) is 0 Å². The number of rotatable bonds is 7. The Balaban J connectivity index is 1.85. The van der Waals surface area contributed by atoms with E-state index in [-0.39, 0.29) is 29.8 Å². The Kier molecular flexibility index (Phi) is 7.16. The van der Waals surface area contributed by atoms with Crippen LogP contribution in [-0.4, -0.2) is 40.4 Å². The van der Waals surface area contributed by atoms with E-state index in [9.17, 15) is 9.59 Å². The van der Waals surface area contributed by atoms with E-state index in [2.05, 4.69) is 17.4 Å². The van der Waals surface area contributed by atoms with Gasteiger partial charge < -0.3 is 10.2 Å². The molecule has 1 aromatic carbocycles. The average Bonchev–Trinajstić information content (AvgIpc) is 3.09. The highest BCUT2D eigenvalue weighted by molar-refractivity contribution is 7.99. The first-order chi connectivity index (χ1) is 11.5. The zero-order chi connectivity index (χ0) is 17.5. The summed E-state index contributed by atoms with van der Waals surface area (Å²) in [6.07, 6.45) is 2.65. The summed E-state index contributed by atoms with van der Waals surface area (Å²) in [6.45, 7) is 5.97. The summed E-state index contributed by atoms with van der Waals surface area (Å²) in [5.41, 5.74) is 1.28. The van der Waals surface area contributed by atoms with Crippen molar-refractivity contribution in [1.29, 1.82) is 0 Å². The van der Waals surface area contributed by atoms with Gasteiger partial charge in [-0.05, 0) is 31.7 Å². The first-order valence-electron chi connectivity index (χ1n) is 8.75. The fourth-order valence-corrected chi connectivity index (χ4v) is 3.94. The van der Waals surface area contributed by atoms with Crippen molar-refractivity contribution in [2.75, 3.05) is 11.6 Å². The molecule has 0 aromatic heterocycles. The smallest absolute Gasteiger partial charge is 0.243 e. The Hall–Kier alpha value is -1.49. The summed E-state index contributed by atoms with van der Waals surface area (Å²) in [5, 5.41) is 3.09. The minimum absolute atomic E-state index is 0.0165. The van der Waals surface area contributed by atoms with Crippen molar-refractivity contribution in [3.8, 4) is 0 Å². The third kappa shape index (κ3) is 5.00. The number of nitrogens with zero attached hydrogens (tertiary/aromatic N) is 1. The lowest BCUT2D eigenvalue weighted by Gasteiger charge is -2.26. The number of hydrogen-bond acceptors (Lipinski definition) is 3. The van der Waals surface area contributed by atoms with Gasteiger partial charge in [-0.2, -0.15) is 0 Å². The second-order valence-electron chi connectivity index (χ2n) is 6.57.